The molecule has 0 radical (unpaired) electrons. The summed E-state index contributed by atoms with van der Waals surface area (Å²) in [4.78, 5) is 2.49. The Balaban J connectivity index is 2.08. The first-order valence-electron chi connectivity index (χ1n) is 6.56. The van der Waals surface area contributed by atoms with Crippen molar-refractivity contribution in [3.05, 3.63) is 28.2 Å². The molecule has 1 fully saturated rings. The van der Waals surface area contributed by atoms with Gasteiger partial charge in [-0.25, -0.2) is 0 Å². The van der Waals surface area contributed by atoms with E-state index in [4.69, 9.17) is 0 Å². The molecular formula is C14H21BrN2S. The molecule has 1 aromatic rings. The predicted octanol–water partition coefficient (Wildman–Crippen LogP) is 3.50. The first-order chi connectivity index (χ1) is 8.70. The fraction of sp³-hybridized carbons (Fsp3) is 0.571. The van der Waals surface area contributed by atoms with Crippen LogP contribution in [0.1, 0.15) is 19.4 Å². The highest BCUT2D eigenvalue weighted by molar-refractivity contribution is 9.10. The molecule has 0 aromatic heterocycles. The summed E-state index contributed by atoms with van der Waals surface area (Å²) in [5.74, 6) is 1.23. The van der Waals surface area contributed by atoms with Gasteiger partial charge in [-0.05, 0) is 40.2 Å². The first-order valence-corrected chi connectivity index (χ1v) is 8.40. The highest BCUT2D eigenvalue weighted by atomic mass is 79.9. The van der Waals surface area contributed by atoms with Gasteiger partial charge in [0.15, 0.2) is 0 Å². The number of halogens is 1. The lowest BCUT2D eigenvalue weighted by Gasteiger charge is -2.33. The number of benzene rings is 1. The van der Waals surface area contributed by atoms with Gasteiger partial charge in [-0.1, -0.05) is 19.9 Å². The van der Waals surface area contributed by atoms with Crippen LogP contribution in [0.5, 0.6) is 0 Å². The maximum Gasteiger partial charge on any atom is 0.0511 e. The van der Waals surface area contributed by atoms with Gasteiger partial charge in [0.25, 0.3) is 0 Å². The molecule has 1 N–H and O–H groups in total. The first kappa shape index (κ1) is 14.2. The van der Waals surface area contributed by atoms with Gasteiger partial charge >= 0.3 is 0 Å². The van der Waals surface area contributed by atoms with Gasteiger partial charge in [-0.2, -0.15) is 11.8 Å². The standard InChI is InChI=1S/C14H21BrN2S/c1-3-16-9-12-4-5-14(13(15)8-12)17-6-7-18-11(2)10-17/h4-5,8,11,16H,3,6-7,9-10H2,1-2H3. The van der Waals surface area contributed by atoms with Gasteiger partial charge in [-0.15, -0.1) is 0 Å². The summed E-state index contributed by atoms with van der Waals surface area (Å²) in [6.07, 6.45) is 0. The molecule has 18 heavy (non-hydrogen) atoms. The molecule has 1 aromatic carbocycles. The van der Waals surface area contributed by atoms with Crippen molar-refractivity contribution in [2.75, 3.05) is 30.3 Å². The number of nitrogens with one attached hydrogen (secondary N) is 1. The van der Waals surface area contributed by atoms with Crippen molar-refractivity contribution in [3.8, 4) is 0 Å². The second-order valence-electron chi connectivity index (χ2n) is 4.69. The summed E-state index contributed by atoms with van der Waals surface area (Å²) < 4.78 is 1.22. The summed E-state index contributed by atoms with van der Waals surface area (Å²) in [5.41, 5.74) is 2.68. The molecule has 0 aliphatic carbocycles. The molecular weight excluding hydrogens is 308 g/mol. The van der Waals surface area contributed by atoms with Crippen molar-refractivity contribution < 1.29 is 0 Å². The van der Waals surface area contributed by atoms with Crippen molar-refractivity contribution in [1.29, 1.82) is 0 Å². The minimum Gasteiger partial charge on any atom is -0.369 e. The molecule has 1 saturated heterocycles. The molecule has 1 atom stereocenters. The number of hydrogen-bond acceptors (Lipinski definition) is 3. The Kier molecular flexibility index (Phi) is 5.39. The number of nitrogens with zero attached hydrogens (tertiary/aromatic N) is 1. The summed E-state index contributed by atoms with van der Waals surface area (Å²) in [6, 6.07) is 6.72. The molecule has 0 bridgehead atoms. The van der Waals surface area contributed by atoms with E-state index in [1.165, 1.54) is 21.5 Å². The van der Waals surface area contributed by atoms with Crippen molar-refractivity contribution in [2.45, 2.75) is 25.6 Å². The Morgan fingerprint density at radius 1 is 1.50 bits per heavy atom. The Morgan fingerprint density at radius 2 is 2.33 bits per heavy atom. The van der Waals surface area contributed by atoms with E-state index in [9.17, 15) is 0 Å². The highest BCUT2D eigenvalue weighted by Gasteiger charge is 2.18. The zero-order chi connectivity index (χ0) is 13.0. The maximum absolute atomic E-state index is 3.72. The van der Waals surface area contributed by atoms with E-state index in [1.807, 2.05) is 0 Å². The van der Waals surface area contributed by atoms with E-state index in [0.717, 1.165) is 31.4 Å². The molecule has 0 amide bonds. The lowest BCUT2D eigenvalue weighted by atomic mass is 10.2. The smallest absolute Gasteiger partial charge is 0.0511 e. The average molecular weight is 329 g/mol. The molecule has 0 saturated carbocycles. The van der Waals surface area contributed by atoms with Gasteiger partial charge in [0, 0.05) is 35.1 Å². The van der Waals surface area contributed by atoms with Crippen LogP contribution in [-0.4, -0.2) is 30.6 Å². The summed E-state index contributed by atoms with van der Waals surface area (Å²) >= 11 is 5.79. The van der Waals surface area contributed by atoms with Crippen LogP contribution in [0.3, 0.4) is 0 Å². The van der Waals surface area contributed by atoms with Crippen LogP contribution >= 0.6 is 27.7 Å². The van der Waals surface area contributed by atoms with E-state index in [2.05, 4.69) is 70.0 Å². The fourth-order valence-electron chi connectivity index (χ4n) is 2.22. The molecule has 0 spiro atoms. The van der Waals surface area contributed by atoms with E-state index < -0.39 is 0 Å². The van der Waals surface area contributed by atoms with Crippen LogP contribution in [0.4, 0.5) is 5.69 Å². The monoisotopic (exact) mass is 328 g/mol. The van der Waals surface area contributed by atoms with Crippen molar-refractivity contribution in [1.82, 2.24) is 5.32 Å². The Hall–Kier alpha value is -0.190. The lowest BCUT2D eigenvalue weighted by Crippen LogP contribution is -2.36. The van der Waals surface area contributed by atoms with Crippen molar-refractivity contribution in [2.24, 2.45) is 0 Å². The third-order valence-electron chi connectivity index (χ3n) is 3.17. The molecule has 100 valence electrons. The van der Waals surface area contributed by atoms with Gasteiger partial charge in [0.2, 0.25) is 0 Å². The van der Waals surface area contributed by atoms with Gasteiger partial charge in [-0.3, -0.25) is 0 Å². The van der Waals surface area contributed by atoms with Crippen molar-refractivity contribution in [3.63, 3.8) is 0 Å². The molecule has 1 heterocycles. The highest BCUT2D eigenvalue weighted by Crippen LogP contribution is 2.31. The van der Waals surface area contributed by atoms with Crippen LogP contribution in [0, 0.1) is 0 Å². The van der Waals surface area contributed by atoms with E-state index in [0.29, 0.717) is 0 Å². The minimum atomic E-state index is 0.729. The second-order valence-corrected chi connectivity index (χ2v) is 7.09. The molecule has 1 unspecified atom stereocenters. The van der Waals surface area contributed by atoms with E-state index >= 15 is 0 Å². The van der Waals surface area contributed by atoms with Gasteiger partial charge < -0.3 is 10.2 Å². The van der Waals surface area contributed by atoms with E-state index in [1.54, 1.807) is 0 Å². The fourth-order valence-corrected chi connectivity index (χ4v) is 3.91. The van der Waals surface area contributed by atoms with Crippen LogP contribution in [-0.2, 0) is 6.54 Å². The Labute approximate surface area is 123 Å². The molecule has 2 rings (SSSR count). The largest absolute Gasteiger partial charge is 0.369 e. The lowest BCUT2D eigenvalue weighted by molar-refractivity contribution is 0.725. The van der Waals surface area contributed by atoms with Gasteiger partial charge in [0.1, 0.15) is 0 Å². The van der Waals surface area contributed by atoms with Crippen LogP contribution in [0.15, 0.2) is 22.7 Å². The summed E-state index contributed by atoms with van der Waals surface area (Å²) in [6.45, 7) is 8.71. The van der Waals surface area contributed by atoms with Crippen LogP contribution < -0.4 is 10.2 Å². The number of rotatable bonds is 4. The SMILES string of the molecule is CCNCc1ccc(N2CCSC(C)C2)c(Br)c1. The Morgan fingerprint density at radius 3 is 3.00 bits per heavy atom. The third kappa shape index (κ3) is 3.65. The topological polar surface area (TPSA) is 15.3 Å². The van der Waals surface area contributed by atoms with Gasteiger partial charge in [0.05, 0.1) is 5.69 Å². The summed E-state index contributed by atoms with van der Waals surface area (Å²) in [7, 11) is 0. The third-order valence-corrected chi connectivity index (χ3v) is 4.94. The summed E-state index contributed by atoms with van der Waals surface area (Å²) in [5, 5.41) is 4.09. The van der Waals surface area contributed by atoms with Crippen molar-refractivity contribution >= 4 is 33.4 Å². The second kappa shape index (κ2) is 6.83. The normalized spacial score (nSPS) is 20.2. The maximum atomic E-state index is 3.72. The average Bonchev–Trinajstić information content (AvgIpc) is 2.36. The number of anilines is 1. The predicted molar refractivity (Wildman–Crippen MR) is 85.7 cm³/mol. The Bertz CT molecular complexity index is 397. The quantitative estimate of drug-likeness (QED) is 0.910. The van der Waals surface area contributed by atoms with Crippen LogP contribution in [0.2, 0.25) is 0 Å². The zero-order valence-corrected chi connectivity index (χ0v) is 13.5. The molecule has 4 heteroatoms. The van der Waals surface area contributed by atoms with E-state index in [-0.39, 0.29) is 0 Å². The number of thioether (sulfide) groups is 1. The number of hydrogen-bond donors (Lipinski definition) is 1. The zero-order valence-electron chi connectivity index (χ0n) is 11.1. The molecule has 1 aliphatic rings. The molecule has 2 nitrogen and oxygen atoms in total. The molecule has 1 aliphatic heterocycles. The minimum absolute atomic E-state index is 0.729. The van der Waals surface area contributed by atoms with Crippen LogP contribution in [0.25, 0.3) is 0 Å².